The van der Waals surface area contributed by atoms with Crippen LogP contribution in [0, 0.1) is 5.92 Å². The third kappa shape index (κ3) is 8.33. The standard InChI is InChI=1S/C32H45F3N4O/c1-6-26(37-20-24-11-10-12-25(14-13-24)32(33,34)35)19-29(28-18-22(3)17-23(4)30(28)36)31(40)38(5)27(7-2)21-39-15-8-9-16-39/h6,11-14,17-19,23,27,30,37H,7-10,15-16,20-21,36H2,1-5H3/b26-6+,29-19+/t23?,27-,30?/m0/s1. The second kappa shape index (κ2) is 14.2. The summed E-state index contributed by atoms with van der Waals surface area (Å²) in [6, 6.07) is -0.259. The van der Waals surface area contributed by atoms with Crippen molar-refractivity contribution in [3.05, 3.63) is 82.2 Å². The number of nitrogens with two attached hydrogens (primary N) is 1. The number of rotatable bonds is 10. The minimum Gasteiger partial charge on any atom is -0.381 e. The maximum atomic E-state index is 14.1. The largest absolute Gasteiger partial charge is 0.416 e. The molecule has 3 N–H and O–H groups in total. The normalized spacial score (nSPS) is 23.6. The van der Waals surface area contributed by atoms with Crippen molar-refractivity contribution in [2.45, 2.75) is 71.6 Å². The molecular formula is C32H45F3N4O. The summed E-state index contributed by atoms with van der Waals surface area (Å²) in [7, 11) is 1.87. The Balaban J connectivity index is 1.86. The van der Waals surface area contributed by atoms with E-state index < -0.39 is 11.7 Å². The Morgan fingerprint density at radius 2 is 1.95 bits per heavy atom. The summed E-state index contributed by atoms with van der Waals surface area (Å²) in [5, 5.41) is 3.32. The summed E-state index contributed by atoms with van der Waals surface area (Å²) >= 11 is 0. The number of amides is 1. The molecule has 5 nitrogen and oxygen atoms in total. The number of halogens is 3. The van der Waals surface area contributed by atoms with E-state index in [1.165, 1.54) is 25.0 Å². The van der Waals surface area contributed by atoms with E-state index >= 15 is 0 Å². The van der Waals surface area contributed by atoms with E-state index in [1.54, 1.807) is 6.08 Å². The minimum absolute atomic E-state index is 0.0714. The fourth-order valence-electron chi connectivity index (χ4n) is 5.47. The molecular weight excluding hydrogens is 513 g/mol. The molecule has 40 heavy (non-hydrogen) atoms. The summed E-state index contributed by atoms with van der Waals surface area (Å²) in [6.45, 7) is 11.4. The van der Waals surface area contributed by atoms with Gasteiger partial charge in [0.1, 0.15) is 0 Å². The van der Waals surface area contributed by atoms with Crippen molar-refractivity contribution in [3.63, 3.8) is 0 Å². The first kappa shape index (κ1) is 31.7. The molecule has 0 aromatic heterocycles. The van der Waals surface area contributed by atoms with Crippen LogP contribution in [0.2, 0.25) is 0 Å². The summed E-state index contributed by atoms with van der Waals surface area (Å²) in [5.74, 6) is -0.00454. The zero-order valence-corrected chi connectivity index (χ0v) is 24.5. The van der Waals surface area contributed by atoms with Gasteiger partial charge in [-0.15, -0.1) is 0 Å². The number of hydrogen-bond donors (Lipinski definition) is 2. The number of likely N-dealkylation sites (tertiary alicyclic amines) is 1. The van der Waals surface area contributed by atoms with Gasteiger partial charge in [-0.2, -0.15) is 13.2 Å². The number of likely N-dealkylation sites (N-methyl/N-ethyl adjacent to an activating group) is 1. The number of carbonyl (C=O) groups is 1. The molecule has 1 saturated heterocycles. The van der Waals surface area contributed by atoms with Gasteiger partial charge in [0.15, 0.2) is 0 Å². The number of carbonyl (C=O) groups excluding carboxylic acids is 1. The Morgan fingerprint density at radius 3 is 2.58 bits per heavy atom. The second-order valence-electron chi connectivity index (χ2n) is 11.0. The Hall–Kier alpha value is -2.84. The Labute approximate surface area is 237 Å². The van der Waals surface area contributed by atoms with Crippen molar-refractivity contribution in [1.29, 1.82) is 0 Å². The average Bonchev–Trinajstić information content (AvgIpc) is 3.30. The molecule has 0 aromatic carbocycles. The predicted octanol–water partition coefficient (Wildman–Crippen LogP) is 5.96. The molecule has 1 aliphatic heterocycles. The van der Waals surface area contributed by atoms with Crippen LogP contribution >= 0.6 is 0 Å². The van der Waals surface area contributed by atoms with Crippen LogP contribution in [0.3, 0.4) is 0 Å². The van der Waals surface area contributed by atoms with Gasteiger partial charge < -0.3 is 20.9 Å². The van der Waals surface area contributed by atoms with E-state index in [4.69, 9.17) is 5.73 Å². The van der Waals surface area contributed by atoms with Gasteiger partial charge in [0.2, 0.25) is 0 Å². The molecule has 2 unspecified atom stereocenters. The third-order valence-electron chi connectivity index (χ3n) is 8.01. The lowest BCUT2D eigenvalue weighted by Crippen LogP contribution is -2.46. The summed E-state index contributed by atoms with van der Waals surface area (Å²) in [5.41, 5.74) is 9.86. The minimum atomic E-state index is -4.37. The van der Waals surface area contributed by atoms with Gasteiger partial charge in [0.25, 0.3) is 5.91 Å². The van der Waals surface area contributed by atoms with Crippen LogP contribution in [0.4, 0.5) is 13.2 Å². The maximum absolute atomic E-state index is 14.1. The number of alkyl halides is 3. The SMILES string of the molecule is C/C=C(\C=C(\C(=O)N(C)[C@@H](CC)CN1CCCC1)C1=CC(C)=CC(C)C1N)NCC1=CCC=C(C(F)(F)F)C=C1. The molecule has 1 amide bonds. The number of nitrogens with zero attached hydrogens (tertiary/aromatic N) is 2. The zero-order valence-electron chi connectivity index (χ0n) is 24.5. The predicted molar refractivity (Wildman–Crippen MR) is 157 cm³/mol. The molecule has 220 valence electrons. The van der Waals surface area contributed by atoms with Crippen molar-refractivity contribution in [3.8, 4) is 0 Å². The number of hydrogen-bond acceptors (Lipinski definition) is 4. The van der Waals surface area contributed by atoms with Crippen LogP contribution < -0.4 is 11.1 Å². The van der Waals surface area contributed by atoms with Crippen LogP contribution in [0.5, 0.6) is 0 Å². The molecule has 1 fully saturated rings. The van der Waals surface area contributed by atoms with Crippen molar-refractivity contribution in [2.75, 3.05) is 33.2 Å². The van der Waals surface area contributed by atoms with Crippen LogP contribution in [0.15, 0.2) is 82.2 Å². The molecule has 3 rings (SSSR count). The zero-order chi connectivity index (χ0) is 29.4. The van der Waals surface area contributed by atoms with Crippen molar-refractivity contribution >= 4 is 5.91 Å². The van der Waals surface area contributed by atoms with E-state index in [9.17, 15) is 18.0 Å². The second-order valence-corrected chi connectivity index (χ2v) is 11.0. The number of nitrogens with one attached hydrogen (secondary N) is 1. The first-order valence-electron chi connectivity index (χ1n) is 14.4. The van der Waals surface area contributed by atoms with Crippen molar-refractivity contribution in [2.24, 2.45) is 11.7 Å². The summed E-state index contributed by atoms with van der Waals surface area (Å²) in [4.78, 5) is 18.4. The molecule has 3 aliphatic rings. The van der Waals surface area contributed by atoms with Crippen LogP contribution in [0.25, 0.3) is 0 Å². The molecule has 0 spiro atoms. The first-order chi connectivity index (χ1) is 18.9. The number of allylic oxidation sites excluding steroid dienone is 8. The van der Waals surface area contributed by atoms with E-state index in [0.29, 0.717) is 17.8 Å². The van der Waals surface area contributed by atoms with Crippen molar-refractivity contribution in [1.82, 2.24) is 15.1 Å². The van der Waals surface area contributed by atoms with Crippen LogP contribution in [-0.4, -0.2) is 67.2 Å². The Morgan fingerprint density at radius 1 is 1.25 bits per heavy atom. The van der Waals surface area contributed by atoms with Gasteiger partial charge in [-0.1, -0.05) is 62.0 Å². The smallest absolute Gasteiger partial charge is 0.381 e. The highest BCUT2D eigenvalue weighted by Crippen LogP contribution is 2.30. The fraction of sp³-hybridized carbons (Fsp3) is 0.531. The lowest BCUT2D eigenvalue weighted by molar-refractivity contribution is -0.128. The van der Waals surface area contributed by atoms with E-state index in [0.717, 1.165) is 48.9 Å². The highest BCUT2D eigenvalue weighted by atomic mass is 19.4. The van der Waals surface area contributed by atoms with Gasteiger partial charge in [0.05, 0.1) is 5.57 Å². The topological polar surface area (TPSA) is 61.6 Å². The molecule has 8 heteroatoms. The first-order valence-corrected chi connectivity index (χ1v) is 14.4. The van der Waals surface area contributed by atoms with Crippen LogP contribution in [0.1, 0.15) is 53.4 Å². The summed E-state index contributed by atoms with van der Waals surface area (Å²) < 4.78 is 39.4. The Kier molecular flexibility index (Phi) is 11.2. The highest BCUT2D eigenvalue weighted by Gasteiger charge is 2.32. The van der Waals surface area contributed by atoms with E-state index in [2.05, 4.69) is 30.1 Å². The average molecular weight is 559 g/mol. The fourth-order valence-corrected chi connectivity index (χ4v) is 5.47. The van der Waals surface area contributed by atoms with E-state index in [1.807, 2.05) is 44.0 Å². The van der Waals surface area contributed by atoms with E-state index in [-0.39, 0.29) is 30.3 Å². The van der Waals surface area contributed by atoms with Gasteiger partial charge in [-0.3, -0.25) is 4.79 Å². The highest BCUT2D eigenvalue weighted by molar-refractivity contribution is 5.99. The quantitative estimate of drug-likeness (QED) is 0.257. The van der Waals surface area contributed by atoms with Gasteiger partial charge >= 0.3 is 6.18 Å². The van der Waals surface area contributed by atoms with Gasteiger partial charge in [0, 0.05) is 43.5 Å². The monoisotopic (exact) mass is 558 g/mol. The summed E-state index contributed by atoms with van der Waals surface area (Å²) in [6.07, 6.45) is 12.5. The lowest BCUT2D eigenvalue weighted by atomic mass is 9.83. The van der Waals surface area contributed by atoms with Gasteiger partial charge in [-0.25, -0.2) is 0 Å². The van der Waals surface area contributed by atoms with Crippen LogP contribution in [-0.2, 0) is 4.79 Å². The van der Waals surface area contributed by atoms with Gasteiger partial charge in [-0.05, 0) is 75.8 Å². The molecule has 0 saturated carbocycles. The molecule has 3 atom stereocenters. The van der Waals surface area contributed by atoms with Crippen molar-refractivity contribution < 1.29 is 18.0 Å². The third-order valence-corrected chi connectivity index (χ3v) is 8.01. The lowest BCUT2D eigenvalue weighted by Gasteiger charge is -2.34. The molecule has 0 bridgehead atoms. The molecule has 0 aromatic rings. The molecule has 0 radical (unpaired) electrons. The Bertz CT molecular complexity index is 1130. The molecule has 1 heterocycles. The molecule has 2 aliphatic carbocycles. The maximum Gasteiger partial charge on any atom is 0.416 e.